The largest absolute Gasteiger partial charge is 0.480 e. The summed E-state index contributed by atoms with van der Waals surface area (Å²) in [6.45, 7) is -1.17. The molecule has 1 rings (SSSR count). The Balaban J connectivity index is 2.94. The zero-order valence-corrected chi connectivity index (χ0v) is 10.5. The minimum Gasteiger partial charge on any atom is -0.480 e. The van der Waals surface area contributed by atoms with E-state index in [4.69, 9.17) is 34.0 Å². The van der Waals surface area contributed by atoms with Crippen molar-refractivity contribution in [2.24, 2.45) is 5.73 Å². The first-order valence-corrected chi connectivity index (χ1v) is 5.40. The van der Waals surface area contributed by atoms with Crippen LogP contribution in [0.2, 0.25) is 10.2 Å². The van der Waals surface area contributed by atoms with Crippen molar-refractivity contribution in [1.29, 1.82) is 0 Å². The Morgan fingerprint density at radius 3 is 2.33 bits per heavy atom. The Bertz CT molecular complexity index is 465. The molecule has 0 atom stereocenters. The lowest BCUT2D eigenvalue weighted by Crippen LogP contribution is -2.41. The van der Waals surface area contributed by atoms with Crippen LogP contribution in [0.4, 0.5) is 0 Å². The first kappa shape index (κ1) is 14.3. The molecule has 9 heteroatoms. The molecular weight excluding hydrogens is 285 g/mol. The van der Waals surface area contributed by atoms with Gasteiger partial charge in [0.15, 0.2) is 0 Å². The molecule has 0 radical (unpaired) electrons. The maximum Gasteiger partial charge on any atom is 0.323 e. The number of nitrogens with two attached hydrogens (primary N) is 1. The molecule has 0 bridgehead atoms. The summed E-state index contributed by atoms with van der Waals surface area (Å²) in [5, 5.41) is 8.81. The van der Waals surface area contributed by atoms with E-state index in [-0.39, 0.29) is 15.9 Å². The lowest BCUT2D eigenvalue weighted by Gasteiger charge is -2.17. The standard InChI is InChI=1S/C9H9Cl2N3O4/c10-4-1-5(13-8(4)11)9(18)14(2-6(12)15)3-7(16)17/h1,13H,2-3H2,(H2,12,15)(H,16,17). The van der Waals surface area contributed by atoms with Crippen LogP contribution >= 0.6 is 23.2 Å². The van der Waals surface area contributed by atoms with Crippen LogP contribution in [0.15, 0.2) is 6.07 Å². The number of carboxylic acid groups (broad SMARTS) is 1. The predicted octanol–water partition coefficient (Wildman–Crippen LogP) is 0.334. The Labute approximate surface area is 111 Å². The average Bonchev–Trinajstić information content (AvgIpc) is 2.56. The number of aliphatic carboxylic acids is 1. The van der Waals surface area contributed by atoms with Gasteiger partial charge in [0.05, 0.1) is 5.02 Å². The van der Waals surface area contributed by atoms with E-state index in [1.807, 2.05) is 0 Å². The minimum absolute atomic E-state index is 0.0208. The quantitative estimate of drug-likeness (QED) is 0.725. The summed E-state index contributed by atoms with van der Waals surface area (Å²) >= 11 is 11.3. The van der Waals surface area contributed by atoms with Crippen LogP contribution in [0.25, 0.3) is 0 Å². The lowest BCUT2D eigenvalue weighted by atomic mass is 10.3. The number of nitrogens with zero attached hydrogens (tertiary/aromatic N) is 1. The Morgan fingerprint density at radius 2 is 1.94 bits per heavy atom. The van der Waals surface area contributed by atoms with Gasteiger partial charge in [0, 0.05) is 0 Å². The fourth-order valence-electron chi connectivity index (χ4n) is 1.24. The maximum absolute atomic E-state index is 11.9. The molecule has 98 valence electrons. The van der Waals surface area contributed by atoms with Crippen molar-refractivity contribution in [2.45, 2.75) is 0 Å². The molecule has 0 fully saturated rings. The normalized spacial score (nSPS) is 10.1. The third-order valence-electron chi connectivity index (χ3n) is 1.92. The molecule has 0 aromatic carbocycles. The van der Waals surface area contributed by atoms with Crippen LogP contribution in [0.3, 0.4) is 0 Å². The van der Waals surface area contributed by atoms with E-state index >= 15 is 0 Å². The number of primary amides is 1. The number of carbonyl (C=O) groups excluding carboxylic acids is 2. The number of carboxylic acids is 1. The molecule has 18 heavy (non-hydrogen) atoms. The van der Waals surface area contributed by atoms with Gasteiger partial charge >= 0.3 is 5.97 Å². The van der Waals surface area contributed by atoms with Gasteiger partial charge in [-0.05, 0) is 6.07 Å². The van der Waals surface area contributed by atoms with E-state index < -0.39 is 30.9 Å². The van der Waals surface area contributed by atoms with E-state index in [0.29, 0.717) is 0 Å². The third kappa shape index (κ3) is 3.64. The van der Waals surface area contributed by atoms with Crippen LogP contribution in [-0.4, -0.2) is 45.9 Å². The van der Waals surface area contributed by atoms with Crippen molar-refractivity contribution in [2.75, 3.05) is 13.1 Å². The van der Waals surface area contributed by atoms with Crippen LogP contribution in [0, 0.1) is 0 Å². The highest BCUT2D eigenvalue weighted by Crippen LogP contribution is 2.22. The highest BCUT2D eigenvalue weighted by atomic mass is 35.5. The summed E-state index contributed by atoms with van der Waals surface area (Å²) in [5.74, 6) is -2.83. The van der Waals surface area contributed by atoms with Crippen molar-refractivity contribution in [3.8, 4) is 0 Å². The molecule has 0 saturated heterocycles. The van der Waals surface area contributed by atoms with Crippen molar-refractivity contribution in [3.05, 3.63) is 21.9 Å². The molecule has 0 saturated carbocycles. The smallest absolute Gasteiger partial charge is 0.323 e. The van der Waals surface area contributed by atoms with Gasteiger partial charge in [0.25, 0.3) is 5.91 Å². The molecule has 0 aliphatic rings. The number of carbonyl (C=O) groups is 3. The summed E-state index contributed by atoms with van der Waals surface area (Å²) in [6.07, 6.45) is 0. The number of hydrogen-bond acceptors (Lipinski definition) is 3. The van der Waals surface area contributed by atoms with Gasteiger partial charge in [-0.1, -0.05) is 23.2 Å². The summed E-state index contributed by atoms with van der Waals surface area (Å²) in [7, 11) is 0. The second-order valence-electron chi connectivity index (χ2n) is 3.37. The summed E-state index contributed by atoms with van der Waals surface area (Å²) in [4.78, 5) is 36.5. The molecule has 0 spiro atoms. The molecule has 1 aromatic rings. The van der Waals surface area contributed by atoms with Gasteiger partial charge in [-0.3, -0.25) is 14.4 Å². The number of H-pyrrole nitrogens is 1. The minimum atomic E-state index is -1.27. The van der Waals surface area contributed by atoms with Crippen LogP contribution in [0.5, 0.6) is 0 Å². The van der Waals surface area contributed by atoms with Gasteiger partial charge in [0.1, 0.15) is 23.9 Å². The Morgan fingerprint density at radius 1 is 1.33 bits per heavy atom. The van der Waals surface area contributed by atoms with Crippen molar-refractivity contribution in [3.63, 3.8) is 0 Å². The maximum atomic E-state index is 11.9. The second kappa shape index (κ2) is 5.74. The van der Waals surface area contributed by atoms with Gasteiger partial charge < -0.3 is 20.7 Å². The van der Waals surface area contributed by atoms with E-state index in [0.717, 1.165) is 4.90 Å². The molecule has 2 amide bonds. The van der Waals surface area contributed by atoms with Gasteiger partial charge in [-0.15, -0.1) is 0 Å². The number of nitrogens with one attached hydrogen (secondary N) is 1. The number of halogens is 2. The fourth-order valence-corrected chi connectivity index (χ4v) is 1.55. The fraction of sp³-hybridized carbons (Fsp3) is 0.222. The average molecular weight is 294 g/mol. The summed E-state index contributed by atoms with van der Waals surface area (Å²) in [5.41, 5.74) is 4.91. The Kier molecular flexibility index (Phi) is 4.57. The van der Waals surface area contributed by atoms with E-state index in [2.05, 4.69) is 4.98 Å². The van der Waals surface area contributed by atoms with Crippen molar-refractivity contribution < 1.29 is 19.5 Å². The Hall–Kier alpha value is -1.73. The van der Waals surface area contributed by atoms with E-state index in [1.54, 1.807) is 0 Å². The van der Waals surface area contributed by atoms with Gasteiger partial charge in [-0.2, -0.15) is 0 Å². The molecule has 4 N–H and O–H groups in total. The zero-order valence-electron chi connectivity index (χ0n) is 8.94. The first-order valence-electron chi connectivity index (χ1n) is 4.64. The SMILES string of the molecule is NC(=O)CN(CC(=O)O)C(=O)c1cc(Cl)c(Cl)[nH]1. The zero-order chi connectivity index (χ0) is 13.9. The lowest BCUT2D eigenvalue weighted by molar-refractivity contribution is -0.138. The van der Waals surface area contributed by atoms with Crippen molar-refractivity contribution >= 4 is 41.0 Å². The first-order chi connectivity index (χ1) is 8.31. The van der Waals surface area contributed by atoms with E-state index in [1.165, 1.54) is 6.07 Å². The van der Waals surface area contributed by atoms with Crippen molar-refractivity contribution in [1.82, 2.24) is 9.88 Å². The van der Waals surface area contributed by atoms with Crippen LogP contribution < -0.4 is 5.73 Å². The van der Waals surface area contributed by atoms with Crippen LogP contribution in [-0.2, 0) is 9.59 Å². The highest BCUT2D eigenvalue weighted by molar-refractivity contribution is 6.41. The van der Waals surface area contributed by atoms with Gasteiger partial charge in [-0.25, -0.2) is 0 Å². The monoisotopic (exact) mass is 293 g/mol. The van der Waals surface area contributed by atoms with Crippen LogP contribution in [0.1, 0.15) is 10.5 Å². The number of aromatic nitrogens is 1. The number of aromatic amines is 1. The molecule has 1 aromatic heterocycles. The molecular formula is C9H9Cl2N3O4. The second-order valence-corrected chi connectivity index (χ2v) is 4.15. The summed E-state index contributed by atoms with van der Waals surface area (Å²) < 4.78 is 0. The number of rotatable bonds is 5. The molecule has 0 unspecified atom stereocenters. The third-order valence-corrected chi connectivity index (χ3v) is 2.61. The van der Waals surface area contributed by atoms with Gasteiger partial charge in [0.2, 0.25) is 5.91 Å². The number of amides is 2. The van der Waals surface area contributed by atoms with E-state index in [9.17, 15) is 14.4 Å². The molecule has 7 nitrogen and oxygen atoms in total. The topological polar surface area (TPSA) is 116 Å². The predicted molar refractivity (Wildman–Crippen MR) is 63.5 cm³/mol. The molecule has 0 aliphatic carbocycles. The summed E-state index contributed by atoms with van der Waals surface area (Å²) in [6, 6.07) is 1.24. The molecule has 1 heterocycles. The number of hydrogen-bond donors (Lipinski definition) is 3. The molecule has 0 aliphatic heterocycles. The highest BCUT2D eigenvalue weighted by Gasteiger charge is 2.22.